The summed E-state index contributed by atoms with van der Waals surface area (Å²) in [7, 11) is 0. The van der Waals surface area contributed by atoms with Crippen molar-refractivity contribution in [3.63, 3.8) is 0 Å². The van der Waals surface area contributed by atoms with E-state index in [9.17, 15) is 0 Å². The van der Waals surface area contributed by atoms with Gasteiger partial charge in [0.15, 0.2) is 0 Å². The maximum absolute atomic E-state index is 6.29. The normalized spacial score (nSPS) is 12.2. The van der Waals surface area contributed by atoms with E-state index in [4.69, 9.17) is 4.74 Å². The van der Waals surface area contributed by atoms with Gasteiger partial charge in [-0.2, -0.15) is 0 Å². The first-order valence-electron chi connectivity index (χ1n) is 12.0. The number of benzene rings is 7. The van der Waals surface area contributed by atoms with Gasteiger partial charge in [0, 0.05) is 10.9 Å². The lowest BCUT2D eigenvalue weighted by Crippen LogP contribution is -1.97. The van der Waals surface area contributed by atoms with Gasteiger partial charge in [-0.15, -0.1) is 0 Å². The Morgan fingerprint density at radius 2 is 1.14 bits per heavy atom. The highest BCUT2D eigenvalue weighted by Gasteiger charge is 2.20. The van der Waals surface area contributed by atoms with Crippen LogP contribution in [0.3, 0.4) is 0 Å². The van der Waals surface area contributed by atoms with Crippen molar-refractivity contribution in [3.05, 3.63) is 121 Å². The first kappa shape index (κ1) is 18.8. The van der Waals surface area contributed by atoms with Crippen LogP contribution in [0.15, 0.2) is 121 Å². The van der Waals surface area contributed by atoms with Crippen LogP contribution < -0.4 is 4.74 Å². The van der Waals surface area contributed by atoms with E-state index in [-0.39, 0.29) is 0 Å². The van der Waals surface area contributed by atoms with E-state index in [1.807, 2.05) is 0 Å². The molecule has 7 aromatic carbocycles. The van der Waals surface area contributed by atoms with Crippen molar-refractivity contribution in [2.24, 2.45) is 0 Å². The van der Waals surface area contributed by atoms with Crippen LogP contribution >= 0.6 is 0 Å². The lowest BCUT2D eigenvalue weighted by Gasteiger charge is -2.22. The Morgan fingerprint density at radius 1 is 0.371 bits per heavy atom. The minimum atomic E-state index is 0.915. The number of hydrogen-bond acceptors (Lipinski definition) is 1. The monoisotopic (exact) mass is 444 g/mol. The van der Waals surface area contributed by atoms with Crippen molar-refractivity contribution < 1.29 is 4.74 Å². The van der Waals surface area contributed by atoms with Crippen LogP contribution in [0.2, 0.25) is 0 Å². The molecule has 0 amide bonds. The molecule has 1 heterocycles. The van der Waals surface area contributed by atoms with Crippen molar-refractivity contribution in [2.45, 2.75) is 0 Å². The second-order valence-electron chi connectivity index (χ2n) is 9.39. The van der Waals surface area contributed by atoms with Crippen LogP contribution in [0.1, 0.15) is 0 Å². The molecule has 0 fully saturated rings. The summed E-state index contributed by atoms with van der Waals surface area (Å²) >= 11 is 0. The van der Waals surface area contributed by atoms with E-state index in [0.29, 0.717) is 0 Å². The van der Waals surface area contributed by atoms with E-state index in [0.717, 1.165) is 17.1 Å². The minimum absolute atomic E-state index is 0.915. The Bertz CT molecular complexity index is 1970. The second-order valence-corrected chi connectivity index (χ2v) is 9.39. The quantitative estimate of drug-likeness (QED) is 0.181. The van der Waals surface area contributed by atoms with Crippen molar-refractivity contribution >= 4 is 43.1 Å². The Hall–Kier alpha value is -4.62. The van der Waals surface area contributed by atoms with Crippen LogP contribution in [0.25, 0.3) is 65.3 Å². The van der Waals surface area contributed by atoms with Crippen molar-refractivity contribution in [2.75, 3.05) is 0 Å². The van der Waals surface area contributed by atoms with Gasteiger partial charge in [0.2, 0.25) is 0 Å². The molecule has 0 radical (unpaired) electrons. The van der Waals surface area contributed by atoms with Crippen molar-refractivity contribution in [1.82, 2.24) is 0 Å². The third kappa shape index (κ3) is 2.76. The highest BCUT2D eigenvalue weighted by molar-refractivity contribution is 6.12. The van der Waals surface area contributed by atoms with Crippen molar-refractivity contribution in [1.29, 1.82) is 0 Å². The first-order chi connectivity index (χ1) is 17.3. The van der Waals surface area contributed by atoms with Gasteiger partial charge in [-0.1, -0.05) is 84.9 Å². The molecule has 0 spiro atoms. The molecule has 0 aromatic heterocycles. The van der Waals surface area contributed by atoms with Crippen LogP contribution in [0.4, 0.5) is 0 Å². The first-order valence-corrected chi connectivity index (χ1v) is 12.0. The Kier molecular flexibility index (Phi) is 3.72. The average molecular weight is 445 g/mol. The zero-order valence-electron chi connectivity index (χ0n) is 19.0. The van der Waals surface area contributed by atoms with Crippen LogP contribution in [0.5, 0.6) is 11.5 Å². The molecule has 0 atom stereocenters. The Labute approximate surface area is 202 Å². The van der Waals surface area contributed by atoms with E-state index in [2.05, 4.69) is 121 Å². The summed E-state index contributed by atoms with van der Waals surface area (Å²) in [4.78, 5) is 0. The smallest absolute Gasteiger partial charge is 0.135 e. The lowest BCUT2D eigenvalue weighted by molar-refractivity contribution is 0.487. The SMILES string of the molecule is c1cc2c3c(cccc3c1)-c1cc(-c3ccc4cc5c(ccc6ccccc65)cc4c3)ccc1O2. The molecule has 0 unspecified atom stereocenters. The van der Waals surface area contributed by atoms with Crippen LogP contribution in [-0.2, 0) is 0 Å². The summed E-state index contributed by atoms with van der Waals surface area (Å²) < 4.78 is 6.29. The summed E-state index contributed by atoms with van der Waals surface area (Å²) in [5.74, 6) is 1.85. The van der Waals surface area contributed by atoms with E-state index in [1.165, 1.54) is 59.8 Å². The van der Waals surface area contributed by atoms with E-state index in [1.54, 1.807) is 0 Å². The zero-order chi connectivity index (χ0) is 22.9. The minimum Gasteiger partial charge on any atom is -0.456 e. The van der Waals surface area contributed by atoms with Crippen LogP contribution in [0, 0.1) is 0 Å². The fourth-order valence-electron chi connectivity index (χ4n) is 5.68. The van der Waals surface area contributed by atoms with Crippen LogP contribution in [-0.4, -0.2) is 0 Å². The summed E-state index contributed by atoms with van der Waals surface area (Å²) in [6.45, 7) is 0. The summed E-state index contributed by atoms with van der Waals surface area (Å²) in [5.41, 5.74) is 4.80. The molecule has 1 aliphatic rings. The molecule has 1 heteroatoms. The standard InChI is InChI=1S/C34H20O/c1-2-8-28-21(5-1)11-14-26-18-27-17-23(12-13-25(27)19-30(26)28)24-15-16-32-31(20-24)29-9-3-6-22-7-4-10-33(35-32)34(22)29/h1-20H. The zero-order valence-corrected chi connectivity index (χ0v) is 19.0. The maximum Gasteiger partial charge on any atom is 0.135 e. The Balaban J connectivity index is 1.30. The maximum atomic E-state index is 6.29. The van der Waals surface area contributed by atoms with Gasteiger partial charge in [0.05, 0.1) is 0 Å². The molecule has 1 nitrogen and oxygen atoms in total. The molecule has 0 saturated carbocycles. The van der Waals surface area contributed by atoms with Gasteiger partial charge in [-0.3, -0.25) is 0 Å². The fourth-order valence-corrected chi connectivity index (χ4v) is 5.68. The van der Waals surface area contributed by atoms with Crippen molar-refractivity contribution in [3.8, 4) is 33.8 Å². The molecular weight excluding hydrogens is 424 g/mol. The summed E-state index contributed by atoms with van der Waals surface area (Å²) in [6.07, 6.45) is 0. The molecule has 0 N–H and O–H groups in total. The highest BCUT2D eigenvalue weighted by Crippen LogP contribution is 2.47. The number of ether oxygens (including phenoxy) is 1. The summed E-state index contributed by atoms with van der Waals surface area (Å²) in [5, 5.41) is 10.1. The second kappa shape index (κ2) is 6.94. The summed E-state index contributed by atoms with van der Waals surface area (Å²) in [6, 6.07) is 43.8. The van der Waals surface area contributed by atoms with Gasteiger partial charge in [-0.05, 0) is 90.8 Å². The third-order valence-electron chi connectivity index (χ3n) is 7.39. The molecule has 162 valence electrons. The van der Waals surface area contributed by atoms with Gasteiger partial charge in [0.25, 0.3) is 0 Å². The molecular formula is C34H20O. The average Bonchev–Trinajstić information content (AvgIpc) is 2.92. The largest absolute Gasteiger partial charge is 0.456 e. The Morgan fingerprint density at radius 3 is 2.11 bits per heavy atom. The topological polar surface area (TPSA) is 9.23 Å². The third-order valence-corrected chi connectivity index (χ3v) is 7.39. The predicted octanol–water partition coefficient (Wildman–Crippen LogP) is 9.74. The molecule has 0 saturated heterocycles. The molecule has 7 aromatic rings. The number of rotatable bonds is 1. The number of hydrogen-bond donors (Lipinski definition) is 0. The lowest BCUT2D eigenvalue weighted by atomic mass is 9.91. The van der Waals surface area contributed by atoms with Gasteiger partial charge < -0.3 is 4.74 Å². The van der Waals surface area contributed by atoms with Gasteiger partial charge in [0.1, 0.15) is 11.5 Å². The van der Waals surface area contributed by atoms with E-state index < -0.39 is 0 Å². The van der Waals surface area contributed by atoms with E-state index >= 15 is 0 Å². The fraction of sp³-hybridized carbons (Fsp3) is 0. The molecule has 0 aliphatic carbocycles. The highest BCUT2D eigenvalue weighted by atomic mass is 16.5. The molecule has 35 heavy (non-hydrogen) atoms. The van der Waals surface area contributed by atoms with Gasteiger partial charge >= 0.3 is 0 Å². The molecule has 8 rings (SSSR count). The molecule has 0 bridgehead atoms. The molecule has 1 aliphatic heterocycles. The predicted molar refractivity (Wildman–Crippen MR) is 147 cm³/mol. The number of fused-ring (bicyclic) bond motifs is 6. The van der Waals surface area contributed by atoms with Gasteiger partial charge in [-0.25, -0.2) is 0 Å².